The minimum absolute atomic E-state index is 0.0838. The maximum absolute atomic E-state index is 11.7. The van der Waals surface area contributed by atoms with Crippen LogP contribution in [-0.2, 0) is 6.54 Å². The molecule has 0 spiro atoms. The van der Waals surface area contributed by atoms with Gasteiger partial charge in [0.05, 0.1) is 45.1 Å². The summed E-state index contributed by atoms with van der Waals surface area (Å²) in [4.78, 5) is 13.1. The molecule has 20 heteroatoms. The minimum atomic E-state index is -1.48. The van der Waals surface area contributed by atoms with Gasteiger partial charge in [-0.15, -0.1) is 0 Å². The highest BCUT2D eigenvalue weighted by atomic mass is 16.4. The number of amidine groups is 2. The van der Waals surface area contributed by atoms with Crippen LogP contribution in [0.5, 0.6) is 74.7 Å². The SMILES string of the molecule is [B]c1c(O)c(-c2c(O)c(O)c(-c3c(O)c(O)c(O)c4c3oc3c(O)c(O)c([B])c(O)c34)c(O)c2O)c(O)c(O)c1C(N=C(N=C)c1ccc2c(c1)oc1ccccc12)=NCc1ccccc1. The van der Waals surface area contributed by atoms with Crippen molar-refractivity contribution in [2.24, 2.45) is 15.0 Å². The van der Waals surface area contributed by atoms with Crippen LogP contribution in [0.2, 0.25) is 0 Å². The van der Waals surface area contributed by atoms with Crippen molar-refractivity contribution in [3.63, 3.8) is 0 Å². The first-order valence-corrected chi connectivity index (χ1v) is 19.2. The lowest BCUT2D eigenvalue weighted by Gasteiger charge is -2.21. The zero-order valence-electron chi connectivity index (χ0n) is 33.5. The van der Waals surface area contributed by atoms with E-state index in [0.717, 1.165) is 10.8 Å². The first-order valence-electron chi connectivity index (χ1n) is 19.2. The Hall–Kier alpha value is -9.32. The fourth-order valence-corrected chi connectivity index (χ4v) is 7.84. The van der Waals surface area contributed by atoms with Gasteiger partial charge in [-0.2, -0.15) is 0 Å². The van der Waals surface area contributed by atoms with Crippen molar-refractivity contribution in [3.8, 4) is 97.0 Å². The smallest absolute Gasteiger partial charge is 0.201 e. The van der Waals surface area contributed by atoms with E-state index in [1.165, 1.54) is 0 Å². The second-order valence-corrected chi connectivity index (χ2v) is 14.8. The van der Waals surface area contributed by atoms with Crippen LogP contribution in [0, 0.1) is 0 Å². The van der Waals surface area contributed by atoms with Gasteiger partial charge in [0.15, 0.2) is 74.6 Å². The molecule has 2 heterocycles. The standard InChI is InChI=1S/C46H29B2N3O15/c1-49-45(16-11-12-18-17-9-5-6-10-19(17)65-20(18)13-16)51-46(50-14-15-7-3-2-4-8-15)27-28(47)30(52)21(32(54)39(27)61)22-33(55)35(57)23(36(58)34(22)56)24-37(59)41(63)38(60)26-25-31(53)29(48)40(62)42(64)44(25)66-43(24)26/h2-13,52-64H,1,14H2. The monoisotopic (exact) mass is 885 g/mol. The number of rotatable bonds is 6. The molecule has 0 aliphatic rings. The van der Waals surface area contributed by atoms with E-state index in [0.29, 0.717) is 22.3 Å². The third kappa shape index (κ3) is 6.03. The van der Waals surface area contributed by atoms with Crippen LogP contribution in [0.25, 0.3) is 66.1 Å². The summed E-state index contributed by atoms with van der Waals surface area (Å²) in [6.45, 7) is 3.53. The summed E-state index contributed by atoms with van der Waals surface area (Å²) in [5, 5.41) is 146. The van der Waals surface area contributed by atoms with Crippen LogP contribution in [-0.4, -0.2) is 100 Å². The molecule has 66 heavy (non-hydrogen) atoms. The predicted molar refractivity (Wildman–Crippen MR) is 243 cm³/mol. The Kier molecular flexibility index (Phi) is 9.67. The summed E-state index contributed by atoms with van der Waals surface area (Å²) in [6.07, 6.45) is 0. The Bertz CT molecular complexity index is 3600. The van der Waals surface area contributed by atoms with Gasteiger partial charge < -0.3 is 75.2 Å². The lowest BCUT2D eigenvalue weighted by Crippen LogP contribution is -2.19. The van der Waals surface area contributed by atoms with Crippen LogP contribution in [0.3, 0.4) is 0 Å². The predicted octanol–water partition coefficient (Wildman–Crippen LogP) is 5.67. The Labute approximate surface area is 371 Å². The number of hydrogen-bond donors (Lipinski definition) is 13. The van der Waals surface area contributed by atoms with Gasteiger partial charge in [-0.1, -0.05) is 54.6 Å². The van der Waals surface area contributed by atoms with E-state index in [1.54, 1.807) is 54.6 Å². The second kappa shape index (κ2) is 15.2. The van der Waals surface area contributed by atoms with Gasteiger partial charge >= 0.3 is 0 Å². The zero-order chi connectivity index (χ0) is 47.2. The number of hydrogen-bond acceptors (Lipinski definition) is 16. The van der Waals surface area contributed by atoms with Crippen molar-refractivity contribution in [2.45, 2.75) is 6.54 Å². The van der Waals surface area contributed by atoms with Gasteiger partial charge in [0, 0.05) is 16.3 Å². The van der Waals surface area contributed by atoms with Crippen molar-refractivity contribution in [1.29, 1.82) is 0 Å². The number of para-hydroxylation sites is 1. The summed E-state index contributed by atoms with van der Waals surface area (Å²) in [5.41, 5.74) is -6.11. The van der Waals surface area contributed by atoms with Crippen LogP contribution in [0.4, 0.5) is 0 Å². The molecule has 0 aliphatic heterocycles. The fraction of sp³-hybridized carbons (Fsp3) is 0.0217. The number of aromatic hydroxyl groups is 13. The molecule has 0 unspecified atom stereocenters. The molecule has 9 aromatic rings. The van der Waals surface area contributed by atoms with E-state index >= 15 is 0 Å². The van der Waals surface area contributed by atoms with Crippen molar-refractivity contribution in [2.75, 3.05) is 0 Å². The number of phenolic OH excluding ortho intramolecular Hbond substituents is 13. The van der Waals surface area contributed by atoms with Crippen LogP contribution < -0.4 is 10.9 Å². The van der Waals surface area contributed by atoms with Gasteiger partial charge in [-0.25, -0.2) is 9.98 Å². The van der Waals surface area contributed by atoms with E-state index in [2.05, 4.69) is 21.7 Å². The molecule has 0 bridgehead atoms. The maximum Gasteiger partial charge on any atom is 0.201 e. The third-order valence-electron chi connectivity index (χ3n) is 11.1. The summed E-state index contributed by atoms with van der Waals surface area (Å²) >= 11 is 0. The van der Waals surface area contributed by atoms with E-state index in [4.69, 9.17) is 24.5 Å². The molecule has 4 radical (unpaired) electrons. The van der Waals surface area contributed by atoms with Crippen molar-refractivity contribution >= 4 is 88.9 Å². The number of fused-ring (bicyclic) bond motifs is 6. The van der Waals surface area contributed by atoms with Gasteiger partial charge in [0.2, 0.25) is 11.5 Å². The number of furan rings is 2. The summed E-state index contributed by atoms with van der Waals surface area (Å²) in [6, 6.07) is 21.2. The largest absolute Gasteiger partial charge is 0.508 e. The second-order valence-electron chi connectivity index (χ2n) is 14.8. The average Bonchev–Trinajstić information content (AvgIpc) is 3.90. The minimum Gasteiger partial charge on any atom is -0.508 e. The Balaban J connectivity index is 1.24. The normalized spacial score (nSPS) is 12.2. The van der Waals surface area contributed by atoms with Crippen LogP contribution in [0.1, 0.15) is 16.7 Å². The molecule has 0 amide bonds. The first-order chi connectivity index (χ1) is 31.5. The summed E-state index contributed by atoms with van der Waals surface area (Å²) < 4.78 is 11.6. The molecular formula is C46H29B2N3O15. The molecule has 0 saturated carbocycles. The Morgan fingerprint density at radius 3 is 1.70 bits per heavy atom. The molecule has 324 valence electrons. The highest BCUT2D eigenvalue weighted by Crippen LogP contribution is 2.63. The van der Waals surface area contributed by atoms with Gasteiger partial charge in [-0.05, 0) is 41.4 Å². The molecule has 0 fully saturated rings. The van der Waals surface area contributed by atoms with E-state index < -0.39 is 141 Å². The topological polar surface area (TPSA) is 326 Å². The number of phenols is 13. The first kappa shape index (κ1) is 42.0. The molecule has 13 N–H and O–H groups in total. The molecule has 2 aromatic heterocycles. The summed E-state index contributed by atoms with van der Waals surface area (Å²) in [7, 11) is 12.1. The lowest BCUT2D eigenvalue weighted by molar-refractivity contribution is 0.367. The maximum atomic E-state index is 11.7. The Morgan fingerprint density at radius 1 is 0.470 bits per heavy atom. The highest BCUT2D eigenvalue weighted by Gasteiger charge is 2.37. The fourth-order valence-electron chi connectivity index (χ4n) is 7.84. The van der Waals surface area contributed by atoms with E-state index in [-0.39, 0.29) is 12.4 Å². The third-order valence-corrected chi connectivity index (χ3v) is 11.1. The van der Waals surface area contributed by atoms with Crippen LogP contribution in [0.15, 0.2) is 96.6 Å². The lowest BCUT2D eigenvalue weighted by atomic mass is 9.83. The molecule has 18 nitrogen and oxygen atoms in total. The summed E-state index contributed by atoms with van der Waals surface area (Å²) in [5.74, 6) is -17.2. The van der Waals surface area contributed by atoms with Gasteiger partial charge in [0.25, 0.3) is 0 Å². The van der Waals surface area contributed by atoms with Crippen molar-refractivity contribution in [3.05, 3.63) is 89.5 Å². The average molecular weight is 885 g/mol. The molecule has 0 aliphatic carbocycles. The number of aliphatic imine (C=N–C) groups is 3. The highest BCUT2D eigenvalue weighted by molar-refractivity contribution is 6.41. The molecular weight excluding hydrogens is 856 g/mol. The van der Waals surface area contributed by atoms with Crippen molar-refractivity contribution in [1.82, 2.24) is 0 Å². The zero-order valence-corrected chi connectivity index (χ0v) is 33.5. The Morgan fingerprint density at radius 2 is 1.03 bits per heavy atom. The van der Waals surface area contributed by atoms with E-state index in [9.17, 15) is 66.4 Å². The van der Waals surface area contributed by atoms with E-state index in [1.807, 2.05) is 18.2 Å². The van der Waals surface area contributed by atoms with Gasteiger partial charge in [-0.3, -0.25) is 4.99 Å². The molecule has 9 rings (SSSR count). The van der Waals surface area contributed by atoms with Gasteiger partial charge in [0.1, 0.15) is 38.4 Å². The molecule has 7 aromatic carbocycles. The quantitative estimate of drug-likeness (QED) is 0.0314. The molecule has 0 saturated heterocycles. The van der Waals surface area contributed by atoms with Crippen molar-refractivity contribution < 1.29 is 75.2 Å². The number of nitrogens with zero attached hydrogens (tertiary/aromatic N) is 3. The number of benzene rings is 7. The molecule has 0 atom stereocenters. The van der Waals surface area contributed by atoms with Crippen LogP contribution >= 0.6 is 0 Å².